The number of rotatable bonds is 5. The lowest BCUT2D eigenvalue weighted by Gasteiger charge is -2.06. The smallest absolute Gasteiger partial charge is 0.261 e. The molecule has 2 aromatic heterocycles. The van der Waals surface area contributed by atoms with Crippen LogP contribution >= 0.6 is 0 Å². The molecule has 6 nitrogen and oxygen atoms in total. The van der Waals surface area contributed by atoms with Gasteiger partial charge in [0.1, 0.15) is 6.33 Å². The van der Waals surface area contributed by atoms with Crippen LogP contribution in [0.15, 0.2) is 17.0 Å². The Labute approximate surface area is 112 Å². The van der Waals surface area contributed by atoms with Crippen molar-refractivity contribution in [3.8, 4) is 11.5 Å². The number of hydrogen-bond donors (Lipinski definition) is 1. The van der Waals surface area contributed by atoms with Gasteiger partial charge in [-0.05, 0) is 19.9 Å². The molecule has 102 valence electrons. The molecule has 0 spiro atoms. The largest absolute Gasteiger partial charge is 0.334 e. The molecule has 0 aliphatic heterocycles. The van der Waals surface area contributed by atoms with Gasteiger partial charge in [0, 0.05) is 18.7 Å². The van der Waals surface area contributed by atoms with Crippen LogP contribution in [0.5, 0.6) is 0 Å². The van der Waals surface area contributed by atoms with E-state index in [1.54, 1.807) is 12.5 Å². The van der Waals surface area contributed by atoms with E-state index in [4.69, 9.17) is 4.52 Å². The highest BCUT2D eigenvalue weighted by Crippen LogP contribution is 2.25. The first-order valence-corrected chi connectivity index (χ1v) is 6.42. The maximum atomic E-state index is 5.32. The number of nitrogens with one attached hydrogen (secondary N) is 1. The highest BCUT2D eigenvalue weighted by atomic mass is 16.5. The second kappa shape index (κ2) is 5.88. The highest BCUT2D eigenvalue weighted by Gasteiger charge is 2.17. The second-order valence-corrected chi connectivity index (χ2v) is 4.89. The summed E-state index contributed by atoms with van der Waals surface area (Å²) in [5, 5.41) is 7.14. The summed E-state index contributed by atoms with van der Waals surface area (Å²) in [5.41, 5.74) is 1.74. The minimum Gasteiger partial charge on any atom is -0.334 e. The molecule has 0 amide bonds. The molecule has 2 aromatic rings. The van der Waals surface area contributed by atoms with Crippen molar-refractivity contribution in [1.82, 2.24) is 25.4 Å². The monoisotopic (exact) mass is 261 g/mol. The van der Waals surface area contributed by atoms with Gasteiger partial charge in [0.2, 0.25) is 0 Å². The number of aromatic nitrogens is 4. The van der Waals surface area contributed by atoms with Crippen molar-refractivity contribution in [1.29, 1.82) is 0 Å². The molecule has 1 N–H and O–H groups in total. The molecule has 0 bridgehead atoms. The predicted molar refractivity (Wildman–Crippen MR) is 71.6 cm³/mol. The Bertz CT molecular complexity index is 537. The van der Waals surface area contributed by atoms with E-state index < -0.39 is 0 Å². The average Bonchev–Trinajstić information content (AvgIpc) is 2.86. The summed E-state index contributed by atoms with van der Waals surface area (Å²) in [6.45, 7) is 6.22. The Morgan fingerprint density at radius 2 is 2.11 bits per heavy atom. The van der Waals surface area contributed by atoms with E-state index in [-0.39, 0.29) is 5.92 Å². The van der Waals surface area contributed by atoms with E-state index in [0.717, 1.165) is 17.7 Å². The van der Waals surface area contributed by atoms with E-state index in [2.05, 4.69) is 46.2 Å². The summed E-state index contributed by atoms with van der Waals surface area (Å²) >= 11 is 0. The number of likely N-dealkylation sites (N-methyl/N-ethyl adjacent to an activating group) is 1. The lowest BCUT2D eigenvalue weighted by Crippen LogP contribution is -2.24. The van der Waals surface area contributed by atoms with Gasteiger partial charge in [-0.15, -0.1) is 0 Å². The van der Waals surface area contributed by atoms with Gasteiger partial charge in [-0.3, -0.25) is 0 Å². The maximum Gasteiger partial charge on any atom is 0.261 e. The fourth-order valence-electron chi connectivity index (χ4n) is 1.79. The van der Waals surface area contributed by atoms with Gasteiger partial charge >= 0.3 is 0 Å². The molecular formula is C13H19N5O. The van der Waals surface area contributed by atoms with Gasteiger partial charge in [-0.25, -0.2) is 9.97 Å². The molecule has 19 heavy (non-hydrogen) atoms. The average molecular weight is 261 g/mol. The highest BCUT2D eigenvalue weighted by molar-refractivity contribution is 5.55. The molecular weight excluding hydrogens is 242 g/mol. The van der Waals surface area contributed by atoms with Crippen molar-refractivity contribution in [3.63, 3.8) is 0 Å². The molecule has 2 rings (SSSR count). The number of nitrogens with zero attached hydrogens (tertiary/aromatic N) is 4. The van der Waals surface area contributed by atoms with Gasteiger partial charge in [0.05, 0.1) is 11.3 Å². The molecule has 0 radical (unpaired) electrons. The molecule has 1 atom stereocenters. The van der Waals surface area contributed by atoms with Crippen LogP contribution in [0, 0.1) is 0 Å². The maximum absolute atomic E-state index is 5.32. The third-order valence-electron chi connectivity index (χ3n) is 2.97. The Morgan fingerprint density at radius 3 is 2.79 bits per heavy atom. The van der Waals surface area contributed by atoms with Gasteiger partial charge in [0.25, 0.3) is 5.89 Å². The SMILES string of the molecule is CNC(C)Cc1noc(-c2cncnc2C(C)C)n1. The first-order valence-electron chi connectivity index (χ1n) is 6.42. The normalized spacial score (nSPS) is 12.9. The van der Waals surface area contributed by atoms with Gasteiger partial charge in [-0.2, -0.15) is 4.98 Å². The molecule has 0 saturated carbocycles. The number of hydrogen-bond acceptors (Lipinski definition) is 6. The van der Waals surface area contributed by atoms with Crippen LogP contribution < -0.4 is 5.32 Å². The van der Waals surface area contributed by atoms with Crippen molar-refractivity contribution in [2.24, 2.45) is 0 Å². The van der Waals surface area contributed by atoms with Crippen LogP contribution in [0.25, 0.3) is 11.5 Å². The van der Waals surface area contributed by atoms with Crippen molar-refractivity contribution >= 4 is 0 Å². The fraction of sp³-hybridized carbons (Fsp3) is 0.538. The van der Waals surface area contributed by atoms with Crippen LogP contribution in [-0.2, 0) is 6.42 Å². The molecule has 6 heteroatoms. The Kier molecular flexibility index (Phi) is 4.21. The molecule has 1 unspecified atom stereocenters. The predicted octanol–water partition coefficient (Wildman–Crippen LogP) is 1.80. The lowest BCUT2D eigenvalue weighted by molar-refractivity contribution is 0.417. The molecule has 0 aliphatic carbocycles. The van der Waals surface area contributed by atoms with Gasteiger partial charge < -0.3 is 9.84 Å². The first kappa shape index (κ1) is 13.6. The van der Waals surface area contributed by atoms with Gasteiger partial charge in [-0.1, -0.05) is 19.0 Å². The summed E-state index contributed by atoms with van der Waals surface area (Å²) in [6, 6.07) is 0.307. The first-order chi connectivity index (χ1) is 9.11. The van der Waals surface area contributed by atoms with Crippen molar-refractivity contribution in [3.05, 3.63) is 24.0 Å². The van der Waals surface area contributed by atoms with Gasteiger partial charge in [0.15, 0.2) is 5.82 Å². The Morgan fingerprint density at radius 1 is 1.32 bits per heavy atom. The summed E-state index contributed by atoms with van der Waals surface area (Å²) in [6.07, 6.45) is 3.99. The fourth-order valence-corrected chi connectivity index (χ4v) is 1.79. The lowest BCUT2D eigenvalue weighted by atomic mass is 10.1. The molecule has 0 aliphatic rings. The van der Waals surface area contributed by atoms with E-state index in [0.29, 0.717) is 17.8 Å². The van der Waals surface area contributed by atoms with E-state index in [1.165, 1.54) is 0 Å². The third kappa shape index (κ3) is 3.14. The van der Waals surface area contributed by atoms with Crippen LogP contribution in [0.3, 0.4) is 0 Å². The summed E-state index contributed by atoms with van der Waals surface area (Å²) in [5.74, 6) is 1.46. The molecule has 0 fully saturated rings. The van der Waals surface area contributed by atoms with Crippen LogP contribution in [0.4, 0.5) is 0 Å². The minimum absolute atomic E-state index is 0.282. The molecule has 0 aromatic carbocycles. The molecule has 2 heterocycles. The van der Waals surface area contributed by atoms with E-state index in [1.807, 2.05) is 7.05 Å². The third-order valence-corrected chi connectivity index (χ3v) is 2.97. The summed E-state index contributed by atoms with van der Waals surface area (Å²) < 4.78 is 5.32. The Balaban J connectivity index is 2.28. The molecule has 0 saturated heterocycles. The van der Waals surface area contributed by atoms with E-state index >= 15 is 0 Å². The van der Waals surface area contributed by atoms with Crippen molar-refractivity contribution < 1.29 is 4.52 Å². The van der Waals surface area contributed by atoms with Crippen molar-refractivity contribution in [2.75, 3.05) is 7.05 Å². The second-order valence-electron chi connectivity index (χ2n) is 4.89. The van der Waals surface area contributed by atoms with Crippen molar-refractivity contribution in [2.45, 2.75) is 39.2 Å². The standard InChI is InChI=1S/C13H19N5O/c1-8(2)12-10(6-15-7-16-12)13-17-11(18-19-13)5-9(3)14-4/h6-9,14H,5H2,1-4H3. The zero-order valence-electron chi connectivity index (χ0n) is 11.7. The van der Waals surface area contributed by atoms with E-state index in [9.17, 15) is 0 Å². The summed E-state index contributed by atoms with van der Waals surface area (Å²) in [7, 11) is 1.91. The minimum atomic E-state index is 0.282. The topological polar surface area (TPSA) is 76.7 Å². The zero-order chi connectivity index (χ0) is 13.8. The quantitative estimate of drug-likeness (QED) is 0.884. The summed E-state index contributed by atoms with van der Waals surface area (Å²) in [4.78, 5) is 12.7. The van der Waals surface area contributed by atoms with Crippen LogP contribution in [0.2, 0.25) is 0 Å². The van der Waals surface area contributed by atoms with Crippen LogP contribution in [-0.4, -0.2) is 33.2 Å². The van der Waals surface area contributed by atoms with Crippen LogP contribution in [0.1, 0.15) is 38.2 Å². The Hall–Kier alpha value is -1.82. The zero-order valence-corrected chi connectivity index (χ0v) is 11.7.